The molecule has 1 heterocycles. The Balaban J connectivity index is 1.92. The van der Waals surface area contributed by atoms with E-state index in [1.807, 2.05) is 20.8 Å². The van der Waals surface area contributed by atoms with E-state index in [-0.39, 0.29) is 23.8 Å². The largest absolute Gasteiger partial charge is 0.494 e. The Morgan fingerprint density at radius 3 is 2.56 bits per heavy atom. The van der Waals surface area contributed by atoms with Crippen molar-refractivity contribution in [3.8, 4) is 5.75 Å². The molecule has 1 aromatic rings. The molecule has 6 nitrogen and oxygen atoms in total. The van der Waals surface area contributed by atoms with Crippen LogP contribution in [0, 0.1) is 5.92 Å². The van der Waals surface area contributed by atoms with E-state index in [1.54, 1.807) is 24.3 Å². The van der Waals surface area contributed by atoms with Crippen molar-refractivity contribution in [3.63, 3.8) is 0 Å². The van der Waals surface area contributed by atoms with E-state index >= 15 is 0 Å². The molecule has 6 heteroatoms. The number of carbonyl (C=O) groups excluding carboxylic acids is 2. The van der Waals surface area contributed by atoms with Crippen molar-refractivity contribution in [3.05, 3.63) is 29.8 Å². The van der Waals surface area contributed by atoms with E-state index < -0.39 is 6.04 Å². The van der Waals surface area contributed by atoms with Crippen LogP contribution in [0.5, 0.6) is 5.75 Å². The summed E-state index contributed by atoms with van der Waals surface area (Å²) >= 11 is 0. The lowest BCUT2D eigenvalue weighted by Crippen LogP contribution is -2.50. The van der Waals surface area contributed by atoms with E-state index in [4.69, 9.17) is 9.47 Å². The van der Waals surface area contributed by atoms with Crippen LogP contribution in [0.4, 0.5) is 0 Å². The van der Waals surface area contributed by atoms with Gasteiger partial charge < -0.3 is 20.1 Å². The number of carbonyl (C=O) groups is 2. The van der Waals surface area contributed by atoms with E-state index in [0.29, 0.717) is 24.5 Å². The number of amides is 2. The van der Waals surface area contributed by atoms with Gasteiger partial charge in [0, 0.05) is 18.7 Å². The molecule has 1 aromatic carbocycles. The third-order valence-corrected chi connectivity index (χ3v) is 4.19. The van der Waals surface area contributed by atoms with Crippen LogP contribution >= 0.6 is 0 Å². The minimum atomic E-state index is -0.583. The van der Waals surface area contributed by atoms with Gasteiger partial charge in [0.1, 0.15) is 11.8 Å². The third-order valence-electron chi connectivity index (χ3n) is 4.19. The molecule has 0 saturated carbocycles. The molecule has 1 aliphatic rings. The van der Waals surface area contributed by atoms with Crippen LogP contribution in [0.1, 0.15) is 44.0 Å². The zero-order valence-corrected chi connectivity index (χ0v) is 15.2. The lowest BCUT2D eigenvalue weighted by molar-refractivity contribution is -0.124. The van der Waals surface area contributed by atoms with Gasteiger partial charge in [-0.15, -0.1) is 0 Å². The Hall–Kier alpha value is -2.08. The van der Waals surface area contributed by atoms with E-state index in [2.05, 4.69) is 10.6 Å². The Labute approximate surface area is 149 Å². The van der Waals surface area contributed by atoms with Gasteiger partial charge in [0.05, 0.1) is 12.7 Å². The number of hydrogen-bond acceptors (Lipinski definition) is 4. The maximum atomic E-state index is 12.4. The second kappa shape index (κ2) is 9.42. The van der Waals surface area contributed by atoms with Gasteiger partial charge in [0.15, 0.2) is 0 Å². The summed E-state index contributed by atoms with van der Waals surface area (Å²) in [4.78, 5) is 24.9. The van der Waals surface area contributed by atoms with Gasteiger partial charge >= 0.3 is 0 Å². The van der Waals surface area contributed by atoms with E-state index in [9.17, 15) is 9.59 Å². The Bertz CT molecular complexity index is 565. The predicted octanol–water partition coefficient (Wildman–Crippen LogP) is 2.13. The molecule has 0 spiro atoms. The summed E-state index contributed by atoms with van der Waals surface area (Å²) in [6.45, 7) is 7.54. The monoisotopic (exact) mass is 348 g/mol. The summed E-state index contributed by atoms with van der Waals surface area (Å²) in [6.07, 6.45) is 2.08. The molecule has 2 amide bonds. The summed E-state index contributed by atoms with van der Waals surface area (Å²) in [5, 5.41) is 5.72. The summed E-state index contributed by atoms with van der Waals surface area (Å²) in [5.41, 5.74) is 0.501. The van der Waals surface area contributed by atoms with Crippen LogP contribution in [0.3, 0.4) is 0 Å². The highest BCUT2D eigenvalue weighted by Crippen LogP contribution is 2.13. The third kappa shape index (κ3) is 5.74. The standard InChI is InChI=1S/C19H28N2O4/c1-4-24-15-9-7-14(8-10-15)18(22)21-17(13(2)3)19(23)20-12-16-6-5-11-25-16/h7-10,13,16-17H,4-6,11-12H2,1-3H3,(H,20,23)(H,21,22)/t16-,17+/m1/s1. The molecule has 138 valence electrons. The number of benzene rings is 1. The number of nitrogens with one attached hydrogen (secondary N) is 2. The molecule has 2 rings (SSSR count). The van der Waals surface area contributed by atoms with Crippen LogP contribution in [-0.2, 0) is 9.53 Å². The van der Waals surface area contributed by atoms with Crippen molar-refractivity contribution in [1.29, 1.82) is 0 Å². The summed E-state index contributed by atoms with van der Waals surface area (Å²) in [5.74, 6) is 0.253. The molecular weight excluding hydrogens is 320 g/mol. The first kappa shape index (κ1) is 19.2. The molecule has 1 aliphatic heterocycles. The fourth-order valence-electron chi connectivity index (χ4n) is 2.76. The highest BCUT2D eigenvalue weighted by Gasteiger charge is 2.26. The smallest absolute Gasteiger partial charge is 0.251 e. The maximum absolute atomic E-state index is 12.4. The summed E-state index contributed by atoms with van der Waals surface area (Å²) in [6, 6.07) is 6.31. The molecule has 0 radical (unpaired) electrons. The van der Waals surface area contributed by atoms with Crippen LogP contribution < -0.4 is 15.4 Å². The minimum absolute atomic E-state index is 0.0175. The Kier molecular flexibility index (Phi) is 7.25. The lowest BCUT2D eigenvalue weighted by atomic mass is 10.0. The first-order valence-electron chi connectivity index (χ1n) is 8.94. The molecule has 0 aliphatic carbocycles. The fourth-order valence-corrected chi connectivity index (χ4v) is 2.76. The molecule has 2 N–H and O–H groups in total. The van der Waals surface area contributed by atoms with Crippen LogP contribution in [0.15, 0.2) is 24.3 Å². The number of ether oxygens (including phenoxy) is 2. The molecule has 0 bridgehead atoms. The van der Waals surface area contributed by atoms with E-state index in [1.165, 1.54) is 0 Å². The molecule has 2 atom stereocenters. The van der Waals surface area contributed by atoms with Gasteiger partial charge in [-0.3, -0.25) is 9.59 Å². The van der Waals surface area contributed by atoms with Crippen LogP contribution in [-0.4, -0.2) is 43.7 Å². The van der Waals surface area contributed by atoms with Crippen molar-refractivity contribution in [2.45, 2.75) is 45.8 Å². The average molecular weight is 348 g/mol. The van der Waals surface area contributed by atoms with Crippen LogP contribution in [0.2, 0.25) is 0 Å². The van der Waals surface area contributed by atoms with Gasteiger partial charge in [-0.25, -0.2) is 0 Å². The average Bonchev–Trinajstić information content (AvgIpc) is 3.11. The Morgan fingerprint density at radius 2 is 2.00 bits per heavy atom. The topological polar surface area (TPSA) is 76.7 Å². The minimum Gasteiger partial charge on any atom is -0.494 e. The number of hydrogen-bond donors (Lipinski definition) is 2. The molecule has 25 heavy (non-hydrogen) atoms. The molecular formula is C19H28N2O4. The summed E-state index contributed by atoms with van der Waals surface area (Å²) in [7, 11) is 0. The summed E-state index contributed by atoms with van der Waals surface area (Å²) < 4.78 is 10.9. The second-order valence-corrected chi connectivity index (χ2v) is 6.53. The predicted molar refractivity (Wildman–Crippen MR) is 95.7 cm³/mol. The molecule has 1 saturated heterocycles. The van der Waals surface area contributed by atoms with Gasteiger partial charge in [-0.1, -0.05) is 13.8 Å². The van der Waals surface area contributed by atoms with Gasteiger partial charge in [-0.05, 0) is 49.9 Å². The molecule has 0 unspecified atom stereocenters. The Morgan fingerprint density at radius 1 is 1.28 bits per heavy atom. The number of rotatable bonds is 8. The van der Waals surface area contributed by atoms with Gasteiger partial charge in [0.25, 0.3) is 5.91 Å². The first-order valence-corrected chi connectivity index (χ1v) is 8.94. The zero-order valence-electron chi connectivity index (χ0n) is 15.2. The highest BCUT2D eigenvalue weighted by atomic mass is 16.5. The van der Waals surface area contributed by atoms with Crippen molar-refractivity contribution in [2.24, 2.45) is 5.92 Å². The second-order valence-electron chi connectivity index (χ2n) is 6.53. The fraction of sp³-hybridized carbons (Fsp3) is 0.579. The van der Waals surface area contributed by atoms with Crippen LogP contribution in [0.25, 0.3) is 0 Å². The first-order chi connectivity index (χ1) is 12.0. The van der Waals surface area contributed by atoms with Crippen molar-refractivity contribution in [1.82, 2.24) is 10.6 Å². The van der Waals surface area contributed by atoms with Gasteiger partial charge in [0.2, 0.25) is 5.91 Å². The quantitative estimate of drug-likeness (QED) is 0.755. The normalized spacial score (nSPS) is 18.0. The van der Waals surface area contributed by atoms with Crippen molar-refractivity contribution in [2.75, 3.05) is 19.8 Å². The zero-order chi connectivity index (χ0) is 18.2. The van der Waals surface area contributed by atoms with E-state index in [0.717, 1.165) is 19.4 Å². The van der Waals surface area contributed by atoms with Gasteiger partial charge in [-0.2, -0.15) is 0 Å². The molecule has 0 aromatic heterocycles. The maximum Gasteiger partial charge on any atom is 0.251 e. The highest BCUT2D eigenvalue weighted by molar-refractivity contribution is 5.97. The lowest BCUT2D eigenvalue weighted by Gasteiger charge is -2.22. The van der Waals surface area contributed by atoms with Crippen molar-refractivity contribution < 1.29 is 19.1 Å². The SMILES string of the molecule is CCOc1ccc(C(=O)N[C@H](C(=O)NC[C@H]2CCCO2)C(C)C)cc1. The molecule has 1 fully saturated rings. The van der Waals surface area contributed by atoms with Crippen molar-refractivity contribution >= 4 is 11.8 Å².